The van der Waals surface area contributed by atoms with Gasteiger partial charge in [0.2, 0.25) is 11.8 Å². The van der Waals surface area contributed by atoms with Crippen molar-refractivity contribution in [2.24, 2.45) is 13.0 Å². The van der Waals surface area contributed by atoms with Gasteiger partial charge in [-0.25, -0.2) is 8.78 Å². The number of carbonyl (C=O) groups is 2. The molecule has 1 N–H and O–H groups in total. The van der Waals surface area contributed by atoms with Gasteiger partial charge in [0, 0.05) is 36.3 Å². The third kappa shape index (κ3) is 4.84. The van der Waals surface area contributed by atoms with E-state index in [0.717, 1.165) is 11.6 Å². The lowest BCUT2D eigenvalue weighted by atomic mass is 9.99. The monoisotopic (exact) mass is 484 g/mol. The average molecular weight is 485 g/mol. The molecule has 0 unspecified atom stereocenters. The van der Waals surface area contributed by atoms with Gasteiger partial charge in [-0.05, 0) is 12.0 Å². The van der Waals surface area contributed by atoms with Gasteiger partial charge in [-0.15, -0.1) is 11.8 Å². The molecule has 0 spiro atoms. The van der Waals surface area contributed by atoms with Gasteiger partial charge in [-0.1, -0.05) is 50.2 Å². The fourth-order valence-corrected chi connectivity index (χ4v) is 5.20. The number of nitrogens with zero attached hydrogens (tertiary/aromatic N) is 3. The van der Waals surface area contributed by atoms with Crippen molar-refractivity contribution in [2.75, 3.05) is 23.7 Å². The second-order valence-corrected chi connectivity index (χ2v) is 9.70. The molecule has 1 aliphatic heterocycles. The second kappa shape index (κ2) is 9.97. The molecule has 0 radical (unpaired) electrons. The molecule has 2 amide bonds. The van der Waals surface area contributed by atoms with Gasteiger partial charge < -0.3 is 5.32 Å². The highest BCUT2D eigenvalue weighted by Crippen LogP contribution is 2.48. The van der Waals surface area contributed by atoms with Crippen LogP contribution in [-0.2, 0) is 16.6 Å². The number of thioether (sulfide) groups is 1. The van der Waals surface area contributed by atoms with E-state index in [0.29, 0.717) is 23.6 Å². The van der Waals surface area contributed by atoms with Crippen molar-refractivity contribution in [1.82, 2.24) is 15.1 Å². The highest BCUT2D eigenvalue weighted by atomic mass is 32.2. The summed E-state index contributed by atoms with van der Waals surface area (Å²) in [6.07, 6.45) is 0. The van der Waals surface area contributed by atoms with Crippen LogP contribution in [0.25, 0.3) is 11.3 Å². The smallest absolute Gasteiger partial charge is 0.240 e. The number of fused-ring (bicyclic) bond motifs is 1. The predicted octanol–water partition coefficient (Wildman–Crippen LogP) is 4.31. The Balaban J connectivity index is 1.86. The Bertz CT molecular complexity index is 1210. The first kappa shape index (κ1) is 23.9. The van der Waals surface area contributed by atoms with Crippen LogP contribution in [0.1, 0.15) is 30.2 Å². The van der Waals surface area contributed by atoms with Crippen LogP contribution in [0.2, 0.25) is 0 Å². The highest BCUT2D eigenvalue weighted by molar-refractivity contribution is 8.00. The van der Waals surface area contributed by atoms with E-state index in [2.05, 4.69) is 10.4 Å². The molecule has 0 saturated heterocycles. The normalized spacial score (nSPS) is 15.9. The Morgan fingerprint density at radius 3 is 2.62 bits per heavy atom. The van der Waals surface area contributed by atoms with Gasteiger partial charge >= 0.3 is 0 Å². The zero-order valence-electron chi connectivity index (χ0n) is 19.2. The average Bonchev–Trinajstić information content (AvgIpc) is 3.07. The van der Waals surface area contributed by atoms with Gasteiger partial charge in [0.1, 0.15) is 24.0 Å². The molecule has 0 saturated carbocycles. The van der Waals surface area contributed by atoms with Crippen LogP contribution in [-0.4, -0.2) is 40.4 Å². The molecular formula is C25H26F2N4O2S. The maximum absolute atomic E-state index is 14.9. The van der Waals surface area contributed by atoms with E-state index < -0.39 is 16.9 Å². The van der Waals surface area contributed by atoms with Gasteiger partial charge in [-0.3, -0.25) is 19.2 Å². The van der Waals surface area contributed by atoms with E-state index in [1.54, 1.807) is 11.7 Å². The fourth-order valence-electron chi connectivity index (χ4n) is 3.98. The summed E-state index contributed by atoms with van der Waals surface area (Å²) in [7, 11) is 1.70. The molecule has 4 rings (SSSR count). The van der Waals surface area contributed by atoms with Crippen molar-refractivity contribution in [3.63, 3.8) is 0 Å². The number of benzene rings is 2. The number of nitrogens with one attached hydrogen (secondary N) is 1. The van der Waals surface area contributed by atoms with Gasteiger partial charge in [0.15, 0.2) is 0 Å². The number of anilines is 1. The Morgan fingerprint density at radius 1 is 1.21 bits per heavy atom. The van der Waals surface area contributed by atoms with Gasteiger partial charge in [0.05, 0.1) is 16.7 Å². The van der Waals surface area contributed by atoms with E-state index in [9.17, 15) is 18.4 Å². The fraction of sp³-hybridized carbons (Fsp3) is 0.320. The summed E-state index contributed by atoms with van der Waals surface area (Å²) < 4.78 is 30.2. The highest BCUT2D eigenvalue weighted by Gasteiger charge is 2.37. The van der Waals surface area contributed by atoms with E-state index in [1.165, 1.54) is 28.8 Å². The van der Waals surface area contributed by atoms with Crippen molar-refractivity contribution in [3.8, 4) is 11.3 Å². The van der Waals surface area contributed by atoms with Gasteiger partial charge in [0.25, 0.3) is 0 Å². The van der Waals surface area contributed by atoms with Crippen LogP contribution >= 0.6 is 11.8 Å². The van der Waals surface area contributed by atoms with E-state index in [-0.39, 0.29) is 35.6 Å². The summed E-state index contributed by atoms with van der Waals surface area (Å²) in [5.74, 6) is -1.20. The molecule has 34 heavy (non-hydrogen) atoms. The molecular weight excluding hydrogens is 458 g/mol. The number of amides is 2. The summed E-state index contributed by atoms with van der Waals surface area (Å²) in [4.78, 5) is 27.3. The third-order valence-electron chi connectivity index (χ3n) is 5.55. The van der Waals surface area contributed by atoms with Crippen molar-refractivity contribution in [3.05, 3.63) is 71.3 Å². The lowest BCUT2D eigenvalue weighted by Crippen LogP contribution is -2.43. The number of carbonyl (C=O) groups excluding carboxylic acids is 2. The maximum atomic E-state index is 14.9. The zero-order valence-corrected chi connectivity index (χ0v) is 20.0. The van der Waals surface area contributed by atoms with E-state index >= 15 is 0 Å². The SMILES string of the molecule is CC(C)CNC(=O)CN1C(=O)CS[C@@H](c2ccc(F)cc2F)c2c(-c3ccccc3)nn(C)c21. The first-order valence-electron chi connectivity index (χ1n) is 11.0. The molecule has 0 fully saturated rings. The number of hydrogen-bond donors (Lipinski definition) is 1. The standard InChI is InChI=1S/C25H26F2N4O2S/c1-15(2)12-28-20(32)13-31-21(33)14-34-24(18-10-9-17(26)11-19(18)27)22-23(29-30(3)25(22)31)16-7-5-4-6-8-16/h4-11,15,24H,12-14H2,1-3H3,(H,28,32)/t24-/m0/s1. The Hall–Kier alpha value is -3.20. The molecule has 9 heteroatoms. The number of aryl methyl sites for hydroxylation is 1. The maximum Gasteiger partial charge on any atom is 0.240 e. The van der Waals surface area contributed by atoms with E-state index in [1.807, 2.05) is 44.2 Å². The Kier molecular flexibility index (Phi) is 7.02. The van der Waals surface area contributed by atoms with Crippen LogP contribution in [0, 0.1) is 17.6 Å². The lowest BCUT2D eigenvalue weighted by molar-refractivity contribution is -0.123. The van der Waals surface area contributed by atoms with Crippen LogP contribution in [0.15, 0.2) is 48.5 Å². The molecule has 178 valence electrons. The number of aromatic nitrogens is 2. The molecule has 2 heterocycles. The first-order chi connectivity index (χ1) is 16.3. The topological polar surface area (TPSA) is 67.2 Å². The molecule has 0 bridgehead atoms. The van der Waals surface area contributed by atoms with Crippen LogP contribution in [0.4, 0.5) is 14.6 Å². The summed E-state index contributed by atoms with van der Waals surface area (Å²) >= 11 is 1.24. The van der Waals surface area contributed by atoms with Crippen LogP contribution < -0.4 is 10.2 Å². The summed E-state index contributed by atoms with van der Waals surface area (Å²) in [5.41, 5.74) is 2.26. The zero-order chi connectivity index (χ0) is 24.4. The quantitative estimate of drug-likeness (QED) is 0.566. The number of rotatable bonds is 6. The molecule has 1 aromatic heterocycles. The van der Waals surface area contributed by atoms with Crippen molar-refractivity contribution < 1.29 is 18.4 Å². The largest absolute Gasteiger partial charge is 0.354 e. The molecule has 2 aromatic carbocycles. The summed E-state index contributed by atoms with van der Waals surface area (Å²) in [5, 5.41) is 6.90. The third-order valence-corrected chi connectivity index (χ3v) is 6.78. The number of hydrogen-bond acceptors (Lipinski definition) is 4. The van der Waals surface area contributed by atoms with E-state index in [4.69, 9.17) is 0 Å². The molecule has 3 aromatic rings. The van der Waals surface area contributed by atoms with Crippen molar-refractivity contribution in [1.29, 1.82) is 0 Å². The van der Waals surface area contributed by atoms with Crippen LogP contribution in [0.3, 0.4) is 0 Å². The molecule has 1 aliphatic rings. The lowest BCUT2D eigenvalue weighted by Gasteiger charge is -2.22. The molecule has 6 nitrogen and oxygen atoms in total. The molecule has 0 aliphatic carbocycles. The number of halogens is 2. The second-order valence-electron chi connectivity index (χ2n) is 8.61. The molecule has 1 atom stereocenters. The Labute approximate surface area is 201 Å². The van der Waals surface area contributed by atoms with Crippen molar-refractivity contribution in [2.45, 2.75) is 19.1 Å². The van der Waals surface area contributed by atoms with Crippen LogP contribution in [0.5, 0.6) is 0 Å². The van der Waals surface area contributed by atoms with Gasteiger partial charge in [-0.2, -0.15) is 5.10 Å². The summed E-state index contributed by atoms with van der Waals surface area (Å²) in [6, 6.07) is 12.9. The predicted molar refractivity (Wildman–Crippen MR) is 130 cm³/mol. The van der Waals surface area contributed by atoms with Crippen molar-refractivity contribution >= 4 is 29.4 Å². The summed E-state index contributed by atoms with van der Waals surface area (Å²) in [6.45, 7) is 4.29. The Morgan fingerprint density at radius 2 is 1.94 bits per heavy atom. The first-order valence-corrected chi connectivity index (χ1v) is 12.1. The minimum atomic E-state index is -0.693. The minimum absolute atomic E-state index is 0.0296. The minimum Gasteiger partial charge on any atom is -0.354 e.